The van der Waals surface area contributed by atoms with Gasteiger partial charge in [-0.25, -0.2) is 4.57 Å². The molecule has 1 aromatic heterocycles. The van der Waals surface area contributed by atoms with Gasteiger partial charge in [-0.2, -0.15) is 0 Å². The van der Waals surface area contributed by atoms with Gasteiger partial charge in [0.25, 0.3) is 0 Å². The number of aryl methyl sites for hydroxylation is 1. The molecule has 16 heavy (non-hydrogen) atoms. The van der Waals surface area contributed by atoms with E-state index in [9.17, 15) is 4.79 Å². The number of pyridine rings is 1. The van der Waals surface area contributed by atoms with Crippen molar-refractivity contribution in [1.29, 1.82) is 0 Å². The highest BCUT2D eigenvalue weighted by molar-refractivity contribution is 5.75. The fourth-order valence-corrected chi connectivity index (χ4v) is 1.44. The molecule has 0 unspecified atom stereocenters. The van der Waals surface area contributed by atoms with Crippen molar-refractivity contribution in [2.24, 2.45) is 0 Å². The zero-order valence-corrected chi connectivity index (χ0v) is 9.56. The lowest BCUT2D eigenvalue weighted by molar-refractivity contribution is -0.697. The van der Waals surface area contributed by atoms with E-state index in [1.54, 1.807) is 6.08 Å². The summed E-state index contributed by atoms with van der Waals surface area (Å²) < 4.78 is 2.13. The average molecular weight is 219 g/mol. The van der Waals surface area contributed by atoms with Crippen molar-refractivity contribution in [1.82, 2.24) is 5.32 Å². The third-order valence-corrected chi connectivity index (χ3v) is 2.29. The third kappa shape index (κ3) is 5.29. The molecule has 86 valence electrons. The van der Waals surface area contributed by atoms with Crippen molar-refractivity contribution in [2.75, 3.05) is 6.54 Å². The number of amides is 1. The average Bonchev–Trinajstić information content (AvgIpc) is 2.33. The maximum atomic E-state index is 11.2. The zero-order chi connectivity index (χ0) is 11.6. The molecule has 3 nitrogen and oxygen atoms in total. The van der Waals surface area contributed by atoms with E-state index < -0.39 is 0 Å². The van der Waals surface area contributed by atoms with Crippen LogP contribution in [0.2, 0.25) is 0 Å². The van der Waals surface area contributed by atoms with Crippen LogP contribution >= 0.6 is 0 Å². The predicted octanol–water partition coefficient (Wildman–Crippen LogP) is 1.45. The van der Waals surface area contributed by atoms with E-state index in [0.717, 1.165) is 19.4 Å². The molecule has 1 heterocycles. The van der Waals surface area contributed by atoms with E-state index in [1.807, 2.05) is 30.6 Å². The van der Waals surface area contributed by atoms with Gasteiger partial charge in [0.1, 0.15) is 6.54 Å². The monoisotopic (exact) mass is 219 g/mol. The molecule has 1 rings (SSSR count). The molecule has 0 atom stereocenters. The Bertz CT molecular complexity index is 322. The number of hydrogen-bond acceptors (Lipinski definition) is 1. The largest absolute Gasteiger partial charge is 0.353 e. The van der Waals surface area contributed by atoms with Gasteiger partial charge in [-0.1, -0.05) is 12.1 Å². The van der Waals surface area contributed by atoms with Crippen molar-refractivity contribution in [3.63, 3.8) is 0 Å². The molecule has 0 aromatic carbocycles. The van der Waals surface area contributed by atoms with Gasteiger partial charge in [0.05, 0.1) is 0 Å². The standard InChI is InChI=1S/C13H18N2O/c1-2-9-14-13(16)8-4-7-12-15-10-5-3-6-11-15/h2-3,5-6,10-11H,1,4,7-9,12H2/p+1. The highest BCUT2D eigenvalue weighted by Gasteiger charge is 2.01. The molecule has 0 aliphatic heterocycles. The predicted molar refractivity (Wildman–Crippen MR) is 63.7 cm³/mol. The Kier molecular flexibility index (Phi) is 5.92. The van der Waals surface area contributed by atoms with Crippen molar-refractivity contribution < 1.29 is 9.36 Å². The lowest BCUT2D eigenvalue weighted by Gasteiger charge is -2.00. The number of hydrogen-bond donors (Lipinski definition) is 1. The van der Waals surface area contributed by atoms with E-state index in [0.29, 0.717) is 13.0 Å². The number of rotatable bonds is 7. The van der Waals surface area contributed by atoms with E-state index in [1.165, 1.54) is 0 Å². The molecule has 0 radical (unpaired) electrons. The second-order valence-electron chi connectivity index (χ2n) is 3.66. The number of nitrogens with one attached hydrogen (secondary N) is 1. The highest BCUT2D eigenvalue weighted by Crippen LogP contribution is 1.95. The third-order valence-electron chi connectivity index (χ3n) is 2.29. The second-order valence-corrected chi connectivity index (χ2v) is 3.66. The first-order valence-corrected chi connectivity index (χ1v) is 5.64. The van der Waals surface area contributed by atoms with Crippen molar-refractivity contribution >= 4 is 5.91 Å². The summed E-state index contributed by atoms with van der Waals surface area (Å²) in [4.78, 5) is 11.2. The Morgan fingerprint density at radius 3 is 2.69 bits per heavy atom. The molecule has 0 fully saturated rings. The molecule has 0 bridgehead atoms. The van der Waals surface area contributed by atoms with E-state index in [-0.39, 0.29) is 5.91 Å². The minimum atomic E-state index is 0.109. The number of carbonyl (C=O) groups is 1. The van der Waals surface area contributed by atoms with Gasteiger partial charge < -0.3 is 5.32 Å². The number of unbranched alkanes of at least 4 members (excludes halogenated alkanes) is 1. The molecular weight excluding hydrogens is 200 g/mol. The van der Waals surface area contributed by atoms with E-state index in [4.69, 9.17) is 0 Å². The Morgan fingerprint density at radius 2 is 2.00 bits per heavy atom. The molecule has 0 aliphatic rings. The fraction of sp³-hybridized carbons (Fsp3) is 0.385. The summed E-state index contributed by atoms with van der Waals surface area (Å²) in [6, 6.07) is 6.02. The zero-order valence-electron chi connectivity index (χ0n) is 9.56. The Morgan fingerprint density at radius 1 is 1.25 bits per heavy atom. The first-order chi connectivity index (χ1) is 7.83. The van der Waals surface area contributed by atoms with Crippen LogP contribution in [-0.2, 0) is 11.3 Å². The normalized spacial score (nSPS) is 9.75. The summed E-state index contributed by atoms with van der Waals surface area (Å²) in [5.74, 6) is 0.109. The second kappa shape index (κ2) is 7.63. The summed E-state index contributed by atoms with van der Waals surface area (Å²) in [6.45, 7) is 5.08. The molecule has 0 spiro atoms. The van der Waals surface area contributed by atoms with Gasteiger partial charge in [0.15, 0.2) is 12.4 Å². The molecule has 1 aromatic rings. The topological polar surface area (TPSA) is 33.0 Å². The van der Waals surface area contributed by atoms with Crippen LogP contribution in [-0.4, -0.2) is 12.5 Å². The molecule has 0 aliphatic carbocycles. The molecule has 1 N–H and O–H groups in total. The maximum Gasteiger partial charge on any atom is 0.220 e. The van der Waals surface area contributed by atoms with Crippen LogP contribution in [0.1, 0.15) is 19.3 Å². The number of aromatic nitrogens is 1. The first kappa shape index (κ1) is 12.4. The SMILES string of the molecule is C=CCNC(=O)CCCC[n+]1ccccc1. The van der Waals surface area contributed by atoms with E-state index in [2.05, 4.69) is 16.5 Å². The van der Waals surface area contributed by atoms with E-state index >= 15 is 0 Å². The van der Waals surface area contributed by atoms with Crippen molar-refractivity contribution in [2.45, 2.75) is 25.8 Å². The molecular formula is C13H19N2O+. The summed E-state index contributed by atoms with van der Waals surface area (Å²) in [7, 11) is 0. The van der Waals surface area contributed by atoms with Gasteiger partial charge in [-0.3, -0.25) is 4.79 Å². The van der Waals surface area contributed by atoms with Crippen LogP contribution < -0.4 is 9.88 Å². The molecule has 0 saturated heterocycles. The number of carbonyl (C=O) groups excluding carboxylic acids is 1. The van der Waals surface area contributed by atoms with Gasteiger partial charge in [-0.15, -0.1) is 6.58 Å². The Balaban J connectivity index is 2.08. The number of nitrogens with zero attached hydrogens (tertiary/aromatic N) is 1. The fourth-order valence-electron chi connectivity index (χ4n) is 1.44. The van der Waals surface area contributed by atoms with Gasteiger partial charge in [0, 0.05) is 31.5 Å². The van der Waals surface area contributed by atoms with Crippen LogP contribution in [0.4, 0.5) is 0 Å². The van der Waals surface area contributed by atoms with Crippen LogP contribution in [0.25, 0.3) is 0 Å². The van der Waals surface area contributed by atoms with Gasteiger partial charge >= 0.3 is 0 Å². The minimum absolute atomic E-state index is 0.109. The molecule has 1 amide bonds. The molecule has 0 saturated carbocycles. The van der Waals surface area contributed by atoms with Gasteiger partial charge in [0.2, 0.25) is 5.91 Å². The molecule has 3 heteroatoms. The Hall–Kier alpha value is -1.64. The quantitative estimate of drug-likeness (QED) is 0.420. The smallest absolute Gasteiger partial charge is 0.220 e. The van der Waals surface area contributed by atoms with Crippen LogP contribution in [0, 0.1) is 0 Å². The lowest BCUT2D eigenvalue weighted by Crippen LogP contribution is -2.32. The summed E-state index contributed by atoms with van der Waals surface area (Å²) in [5.41, 5.74) is 0. The van der Waals surface area contributed by atoms with Crippen molar-refractivity contribution in [3.05, 3.63) is 43.2 Å². The highest BCUT2D eigenvalue weighted by atomic mass is 16.1. The van der Waals surface area contributed by atoms with Crippen LogP contribution in [0.15, 0.2) is 43.2 Å². The van der Waals surface area contributed by atoms with Crippen LogP contribution in [0.3, 0.4) is 0 Å². The summed E-state index contributed by atoms with van der Waals surface area (Å²) >= 11 is 0. The van der Waals surface area contributed by atoms with Gasteiger partial charge in [-0.05, 0) is 6.42 Å². The summed E-state index contributed by atoms with van der Waals surface area (Å²) in [5, 5.41) is 2.77. The maximum absolute atomic E-state index is 11.2. The van der Waals surface area contributed by atoms with Crippen molar-refractivity contribution in [3.8, 4) is 0 Å². The minimum Gasteiger partial charge on any atom is -0.353 e. The first-order valence-electron chi connectivity index (χ1n) is 5.64. The Labute approximate surface area is 96.8 Å². The lowest BCUT2D eigenvalue weighted by atomic mass is 10.2. The van der Waals surface area contributed by atoms with Crippen LogP contribution in [0.5, 0.6) is 0 Å². The summed E-state index contributed by atoms with van der Waals surface area (Å²) in [6.07, 6.45) is 8.32.